The molecule has 2 aromatic heterocycles. The number of Topliss-reactive ketones (excluding diaryl/α,β-unsaturated/α-hetero) is 1. The fourth-order valence-corrected chi connectivity index (χ4v) is 4.13. The molecule has 144 valence electrons. The van der Waals surface area contributed by atoms with E-state index in [4.69, 9.17) is 0 Å². The predicted molar refractivity (Wildman–Crippen MR) is 103 cm³/mol. The highest BCUT2D eigenvalue weighted by Crippen LogP contribution is 2.34. The molecule has 2 aromatic rings. The molecule has 1 aliphatic rings. The lowest BCUT2D eigenvalue weighted by Crippen LogP contribution is -2.40. The summed E-state index contributed by atoms with van der Waals surface area (Å²) in [5.41, 5.74) is 1.22. The highest BCUT2D eigenvalue weighted by Gasteiger charge is 2.26. The van der Waals surface area contributed by atoms with Gasteiger partial charge in [0.2, 0.25) is 0 Å². The molecule has 8 nitrogen and oxygen atoms in total. The van der Waals surface area contributed by atoms with Gasteiger partial charge >= 0.3 is 0 Å². The monoisotopic (exact) mass is 408 g/mol. The van der Waals surface area contributed by atoms with E-state index in [1.54, 1.807) is 5.38 Å². The van der Waals surface area contributed by atoms with Crippen LogP contribution in [-0.2, 0) is 11.2 Å². The SMILES string of the molecule is C[C@@H](O)[C@H](N=O)C(=O)NCCc1nc(-c2nc(C(=O)CC3CC3)cs2)cs1. The Morgan fingerprint density at radius 1 is 1.33 bits per heavy atom. The number of aromatic nitrogens is 2. The lowest BCUT2D eigenvalue weighted by atomic mass is 10.2. The number of nitrogens with one attached hydrogen (secondary N) is 1. The number of aliphatic hydroxyl groups is 1. The number of rotatable bonds is 10. The van der Waals surface area contributed by atoms with Crippen molar-refractivity contribution in [1.82, 2.24) is 15.3 Å². The van der Waals surface area contributed by atoms with Crippen molar-refractivity contribution in [3.63, 3.8) is 0 Å². The van der Waals surface area contributed by atoms with E-state index >= 15 is 0 Å². The minimum Gasteiger partial charge on any atom is -0.390 e. The largest absolute Gasteiger partial charge is 0.390 e. The molecule has 0 unspecified atom stereocenters. The first kappa shape index (κ1) is 19.7. The first-order valence-electron chi connectivity index (χ1n) is 8.69. The number of ketones is 1. The summed E-state index contributed by atoms with van der Waals surface area (Å²) in [6.45, 7) is 1.63. The average molecular weight is 409 g/mol. The molecule has 2 N–H and O–H groups in total. The van der Waals surface area contributed by atoms with E-state index < -0.39 is 18.1 Å². The van der Waals surface area contributed by atoms with E-state index in [-0.39, 0.29) is 12.3 Å². The van der Waals surface area contributed by atoms with Gasteiger partial charge < -0.3 is 10.4 Å². The Kier molecular flexibility index (Phi) is 6.40. The van der Waals surface area contributed by atoms with Gasteiger partial charge in [-0.15, -0.1) is 27.6 Å². The van der Waals surface area contributed by atoms with E-state index in [2.05, 4.69) is 20.5 Å². The minimum absolute atomic E-state index is 0.0922. The Morgan fingerprint density at radius 3 is 2.78 bits per heavy atom. The molecule has 1 saturated carbocycles. The third kappa shape index (κ3) is 5.24. The van der Waals surface area contributed by atoms with Crippen LogP contribution in [0.3, 0.4) is 0 Å². The molecule has 1 fully saturated rings. The Bertz CT molecular complexity index is 829. The van der Waals surface area contributed by atoms with E-state index in [0.29, 0.717) is 35.2 Å². The summed E-state index contributed by atoms with van der Waals surface area (Å²) >= 11 is 2.84. The number of amides is 1. The van der Waals surface area contributed by atoms with Gasteiger partial charge in [0.25, 0.3) is 5.91 Å². The van der Waals surface area contributed by atoms with E-state index in [1.807, 2.05) is 5.38 Å². The lowest BCUT2D eigenvalue weighted by molar-refractivity contribution is -0.124. The number of hydrogen-bond acceptors (Lipinski definition) is 9. The second kappa shape index (κ2) is 8.77. The van der Waals surface area contributed by atoms with Crippen LogP contribution in [0.4, 0.5) is 0 Å². The highest BCUT2D eigenvalue weighted by atomic mass is 32.1. The molecular weight excluding hydrogens is 388 g/mol. The van der Waals surface area contributed by atoms with Gasteiger partial charge in [-0.3, -0.25) is 9.59 Å². The molecule has 0 spiro atoms. The molecule has 0 aromatic carbocycles. The second-order valence-corrected chi connectivity index (χ2v) is 8.37. The van der Waals surface area contributed by atoms with Gasteiger partial charge in [-0.2, -0.15) is 0 Å². The maximum absolute atomic E-state index is 12.1. The summed E-state index contributed by atoms with van der Waals surface area (Å²) in [6, 6.07) is -1.31. The first-order valence-corrected chi connectivity index (χ1v) is 10.5. The number of hydrogen-bond donors (Lipinski definition) is 2. The zero-order valence-electron chi connectivity index (χ0n) is 14.8. The van der Waals surface area contributed by atoms with E-state index in [9.17, 15) is 19.6 Å². The van der Waals surface area contributed by atoms with E-state index in [0.717, 1.165) is 17.8 Å². The smallest absolute Gasteiger partial charge is 0.251 e. The summed E-state index contributed by atoms with van der Waals surface area (Å²) in [5, 5.41) is 19.7. The van der Waals surface area contributed by atoms with Crippen LogP contribution in [0.25, 0.3) is 10.7 Å². The van der Waals surface area contributed by atoms with Gasteiger partial charge in [0, 0.05) is 30.1 Å². The van der Waals surface area contributed by atoms with Crippen LogP contribution >= 0.6 is 22.7 Å². The van der Waals surface area contributed by atoms with Gasteiger partial charge in [-0.05, 0) is 25.7 Å². The second-order valence-electron chi connectivity index (χ2n) is 6.57. The third-order valence-electron chi connectivity index (χ3n) is 4.21. The number of carbonyl (C=O) groups excluding carboxylic acids is 2. The van der Waals surface area contributed by atoms with Crippen LogP contribution in [0.2, 0.25) is 0 Å². The van der Waals surface area contributed by atoms with Crippen molar-refractivity contribution in [2.45, 2.75) is 44.8 Å². The standard InChI is InChI=1S/C17H20N4O4S2/c1-9(22)15(21-25)16(24)18-5-4-14-19-12(8-26-14)17-20-11(7-27-17)13(23)6-10-2-3-10/h7-10,15,22H,2-6H2,1H3,(H,18,24)/t9-,15+/m1/s1. The molecule has 2 heterocycles. The summed E-state index contributed by atoms with van der Waals surface area (Å²) in [7, 11) is 0. The van der Waals surface area contributed by atoms with Crippen molar-refractivity contribution in [2.24, 2.45) is 11.1 Å². The van der Waals surface area contributed by atoms with Crippen molar-refractivity contribution in [3.8, 4) is 10.7 Å². The summed E-state index contributed by atoms with van der Waals surface area (Å²) in [4.78, 5) is 43.4. The Balaban J connectivity index is 1.52. The Morgan fingerprint density at radius 2 is 2.11 bits per heavy atom. The van der Waals surface area contributed by atoms with Crippen molar-refractivity contribution >= 4 is 34.4 Å². The topological polar surface area (TPSA) is 122 Å². The number of carbonyl (C=O) groups is 2. The maximum Gasteiger partial charge on any atom is 0.251 e. The van der Waals surface area contributed by atoms with E-state index in [1.165, 1.54) is 29.6 Å². The summed E-state index contributed by atoms with van der Waals surface area (Å²) < 4.78 is 0. The van der Waals surface area contributed by atoms with Gasteiger partial charge in [-0.25, -0.2) is 9.97 Å². The molecule has 2 atom stereocenters. The van der Waals surface area contributed by atoms with Crippen LogP contribution in [0.5, 0.6) is 0 Å². The highest BCUT2D eigenvalue weighted by molar-refractivity contribution is 7.14. The third-order valence-corrected chi connectivity index (χ3v) is 5.98. The molecule has 27 heavy (non-hydrogen) atoms. The Hall–Kier alpha value is -2.04. The van der Waals surface area contributed by atoms with Crippen LogP contribution in [0.15, 0.2) is 15.9 Å². The molecule has 0 saturated heterocycles. The van der Waals surface area contributed by atoms with Crippen LogP contribution in [0, 0.1) is 10.8 Å². The molecule has 0 aliphatic heterocycles. The number of nitrogens with zero attached hydrogens (tertiary/aromatic N) is 3. The number of aliphatic hydroxyl groups excluding tert-OH is 1. The Labute approximate surface area is 164 Å². The molecule has 3 rings (SSSR count). The van der Waals surface area contributed by atoms with Crippen LogP contribution in [0.1, 0.15) is 41.7 Å². The van der Waals surface area contributed by atoms with Crippen molar-refractivity contribution < 1.29 is 14.7 Å². The molecule has 1 amide bonds. The lowest BCUT2D eigenvalue weighted by Gasteiger charge is -2.11. The molecule has 1 aliphatic carbocycles. The summed E-state index contributed by atoms with van der Waals surface area (Å²) in [5.74, 6) is 0.0247. The van der Waals surface area contributed by atoms with Crippen molar-refractivity contribution in [1.29, 1.82) is 0 Å². The predicted octanol–water partition coefficient (Wildman–Crippen LogP) is 2.42. The minimum atomic E-state index is -1.31. The molecule has 0 bridgehead atoms. The zero-order chi connectivity index (χ0) is 19.4. The van der Waals surface area contributed by atoms with Crippen molar-refractivity contribution in [2.75, 3.05) is 6.54 Å². The van der Waals surface area contributed by atoms with Gasteiger partial charge in [0.1, 0.15) is 16.4 Å². The van der Waals surface area contributed by atoms with Crippen LogP contribution < -0.4 is 5.32 Å². The first-order chi connectivity index (χ1) is 13.0. The fourth-order valence-electron chi connectivity index (χ4n) is 2.48. The molecule has 0 radical (unpaired) electrons. The van der Waals surface area contributed by atoms with Gasteiger partial charge in [0.15, 0.2) is 11.8 Å². The van der Waals surface area contributed by atoms with Gasteiger partial charge in [-0.1, -0.05) is 5.18 Å². The molecular formula is C17H20N4O4S2. The average Bonchev–Trinajstić information content (AvgIpc) is 3.11. The van der Waals surface area contributed by atoms with Crippen LogP contribution in [-0.4, -0.2) is 45.5 Å². The normalized spacial score (nSPS) is 15.9. The van der Waals surface area contributed by atoms with Crippen molar-refractivity contribution in [3.05, 3.63) is 26.4 Å². The number of thiazole rings is 2. The zero-order valence-corrected chi connectivity index (χ0v) is 16.4. The quantitative estimate of drug-likeness (QED) is 0.460. The number of nitroso groups, excluding NO2 is 1. The maximum atomic E-state index is 12.1. The summed E-state index contributed by atoms with van der Waals surface area (Å²) in [6.07, 6.45) is 2.20. The molecule has 10 heteroatoms. The fraction of sp³-hybridized carbons (Fsp3) is 0.529. The van der Waals surface area contributed by atoms with Gasteiger partial charge in [0.05, 0.1) is 11.1 Å².